The van der Waals surface area contributed by atoms with Gasteiger partial charge in [-0.25, -0.2) is 40.8 Å². The summed E-state index contributed by atoms with van der Waals surface area (Å²) in [7, 11) is 0. The molecular weight excluding hydrogens is 240 g/mol. The van der Waals surface area contributed by atoms with E-state index in [0.29, 0.717) is 0 Å². The molecule has 0 aromatic heterocycles. The van der Waals surface area contributed by atoms with Gasteiger partial charge in [-0.2, -0.15) is 0 Å². The van der Waals surface area contributed by atoms with Crippen molar-refractivity contribution in [3.05, 3.63) is 36.4 Å². The van der Waals surface area contributed by atoms with Gasteiger partial charge in [-0.1, -0.05) is 36.4 Å². The zero-order valence-electron chi connectivity index (χ0n) is 9.10. The van der Waals surface area contributed by atoms with E-state index in [1.807, 2.05) is 36.4 Å². The number of carbonyl (C=O) groups excluding carboxylic acids is 4. The maximum absolute atomic E-state index is 8.35. The Kier molecular flexibility index (Phi) is 65.8. The monoisotopic (exact) mass is 250 g/mol. The van der Waals surface area contributed by atoms with Crippen molar-refractivity contribution >= 4 is 24.3 Å². The molecule has 0 heterocycles. The Hall–Kier alpha value is -3.26. The van der Waals surface area contributed by atoms with E-state index in [1.165, 1.54) is 0 Å². The minimum atomic E-state index is 0.750. The zero-order valence-corrected chi connectivity index (χ0v) is 9.10. The van der Waals surface area contributed by atoms with E-state index < -0.39 is 0 Å². The summed E-state index contributed by atoms with van der Waals surface area (Å²) in [5.41, 5.74) is 0. The van der Waals surface area contributed by atoms with E-state index >= 15 is 0 Å². The second-order valence-electron chi connectivity index (χ2n) is 1.56. The summed E-state index contributed by atoms with van der Waals surface area (Å²) in [5, 5.41) is 21.6. The van der Waals surface area contributed by atoms with Gasteiger partial charge < -0.3 is 0 Å². The Morgan fingerprint density at radius 3 is 0.556 bits per heavy atom. The van der Waals surface area contributed by atoms with E-state index in [0.717, 1.165) is 24.3 Å². The fraction of sp³-hybridized carbons (Fsp3) is 0. The molecular formula is C10H10N4O4. The van der Waals surface area contributed by atoms with Crippen LogP contribution in [-0.4, -0.2) is 24.3 Å². The highest BCUT2D eigenvalue weighted by atomic mass is 16.1. The zero-order chi connectivity index (χ0) is 15.1. The predicted octanol–water partition coefficient (Wildman–Crippen LogP) is 1.29. The molecule has 1 aromatic carbocycles. The highest BCUT2D eigenvalue weighted by Gasteiger charge is 1.57. The molecule has 0 spiro atoms. The van der Waals surface area contributed by atoms with Crippen LogP contribution < -0.4 is 0 Å². The Morgan fingerprint density at radius 1 is 0.444 bits per heavy atom. The number of rotatable bonds is 0. The van der Waals surface area contributed by atoms with Crippen molar-refractivity contribution in [2.75, 3.05) is 0 Å². The van der Waals surface area contributed by atoms with Crippen LogP contribution in [0.25, 0.3) is 0 Å². The molecule has 4 N–H and O–H groups in total. The van der Waals surface area contributed by atoms with Crippen LogP contribution in [0.15, 0.2) is 36.4 Å². The summed E-state index contributed by atoms with van der Waals surface area (Å²) in [6, 6.07) is 12.0. The van der Waals surface area contributed by atoms with Crippen LogP contribution in [0.3, 0.4) is 0 Å². The minimum Gasteiger partial charge on any atom is -0.222 e. The Bertz CT molecular complexity index is 307. The van der Waals surface area contributed by atoms with Gasteiger partial charge >= 0.3 is 0 Å². The number of benzene rings is 1. The molecule has 1 aromatic rings. The molecule has 94 valence electrons. The summed E-state index contributed by atoms with van der Waals surface area (Å²) >= 11 is 0. The van der Waals surface area contributed by atoms with Crippen LogP contribution in [0.4, 0.5) is 0 Å². The first-order valence-corrected chi connectivity index (χ1v) is 3.82. The molecule has 8 heteroatoms. The fourth-order valence-electron chi connectivity index (χ4n) is 0.385. The average Bonchev–Trinajstić information content (AvgIpc) is 2.35. The van der Waals surface area contributed by atoms with Gasteiger partial charge in [0.25, 0.3) is 0 Å². The summed E-state index contributed by atoms with van der Waals surface area (Å²) in [4.78, 5) is 33.4. The van der Waals surface area contributed by atoms with E-state index in [-0.39, 0.29) is 0 Å². The Morgan fingerprint density at radius 2 is 0.500 bits per heavy atom. The van der Waals surface area contributed by atoms with Crippen LogP contribution in [0.5, 0.6) is 0 Å². The lowest BCUT2D eigenvalue weighted by molar-refractivity contribution is 0.562. The quantitative estimate of drug-likeness (QED) is 0.402. The maximum Gasteiger partial charge on any atom is 0.231 e. The standard InChI is InChI=1S/C6H6.4CHNO/c1-2-4-6-5-3-1;4*2-1-3/h1-6H;4*2H. The van der Waals surface area contributed by atoms with Crippen molar-refractivity contribution in [1.82, 2.24) is 0 Å². The predicted molar refractivity (Wildman–Crippen MR) is 60.1 cm³/mol. The molecule has 0 bridgehead atoms. The molecule has 1 rings (SSSR count). The van der Waals surface area contributed by atoms with Crippen LogP contribution in [0.1, 0.15) is 0 Å². The Balaban J connectivity index is -0.0000000723. The first-order valence-electron chi connectivity index (χ1n) is 3.82. The highest BCUT2D eigenvalue weighted by Crippen LogP contribution is 1.79. The molecule has 0 radical (unpaired) electrons. The number of isocyanates is 4. The molecule has 0 saturated carbocycles. The van der Waals surface area contributed by atoms with Crippen molar-refractivity contribution in [1.29, 1.82) is 21.6 Å². The number of hydrogen-bond acceptors (Lipinski definition) is 8. The molecule has 0 aliphatic carbocycles. The van der Waals surface area contributed by atoms with Crippen LogP contribution >= 0.6 is 0 Å². The van der Waals surface area contributed by atoms with E-state index in [4.69, 9.17) is 40.8 Å². The molecule has 18 heavy (non-hydrogen) atoms. The third-order valence-electron chi connectivity index (χ3n) is 0.667. The molecule has 0 aliphatic heterocycles. The van der Waals surface area contributed by atoms with Gasteiger partial charge in [0.15, 0.2) is 0 Å². The molecule has 0 aliphatic rings. The van der Waals surface area contributed by atoms with Crippen molar-refractivity contribution in [2.45, 2.75) is 0 Å². The second-order valence-corrected chi connectivity index (χ2v) is 1.56. The summed E-state index contributed by atoms with van der Waals surface area (Å²) < 4.78 is 0. The van der Waals surface area contributed by atoms with Crippen molar-refractivity contribution in [3.8, 4) is 0 Å². The summed E-state index contributed by atoms with van der Waals surface area (Å²) in [5.74, 6) is 0. The van der Waals surface area contributed by atoms with Crippen molar-refractivity contribution < 1.29 is 19.2 Å². The van der Waals surface area contributed by atoms with Crippen molar-refractivity contribution in [2.24, 2.45) is 0 Å². The van der Waals surface area contributed by atoms with Crippen LogP contribution in [-0.2, 0) is 19.2 Å². The smallest absolute Gasteiger partial charge is 0.222 e. The second kappa shape index (κ2) is 49.1. The molecule has 8 nitrogen and oxygen atoms in total. The van der Waals surface area contributed by atoms with E-state index in [1.54, 1.807) is 0 Å². The highest BCUT2D eigenvalue weighted by molar-refractivity contribution is 5.26. The Labute approximate surface area is 102 Å². The van der Waals surface area contributed by atoms with Gasteiger partial charge in [-0.05, 0) is 0 Å². The maximum atomic E-state index is 8.35. The van der Waals surface area contributed by atoms with Gasteiger partial charge in [-0.15, -0.1) is 0 Å². The molecule has 0 amide bonds. The summed E-state index contributed by atoms with van der Waals surface area (Å²) in [6.07, 6.45) is 3.00. The fourth-order valence-corrected chi connectivity index (χ4v) is 0.385. The van der Waals surface area contributed by atoms with E-state index in [9.17, 15) is 0 Å². The molecule has 0 atom stereocenters. The molecule has 0 fully saturated rings. The molecule has 0 saturated heterocycles. The van der Waals surface area contributed by atoms with Gasteiger partial charge in [-0.3, -0.25) is 0 Å². The largest absolute Gasteiger partial charge is 0.231 e. The SMILES string of the molecule is N=C=O.N=C=O.N=C=O.N=C=O.c1ccccc1. The third-order valence-corrected chi connectivity index (χ3v) is 0.667. The van der Waals surface area contributed by atoms with E-state index in [2.05, 4.69) is 0 Å². The lowest BCUT2D eigenvalue weighted by Gasteiger charge is -1.69. The van der Waals surface area contributed by atoms with Gasteiger partial charge in [0.1, 0.15) is 0 Å². The number of nitrogens with one attached hydrogen (secondary N) is 4. The topological polar surface area (TPSA) is 164 Å². The average molecular weight is 250 g/mol. The third kappa shape index (κ3) is 234. The van der Waals surface area contributed by atoms with Gasteiger partial charge in [0.2, 0.25) is 24.3 Å². The summed E-state index contributed by atoms with van der Waals surface area (Å²) in [6.45, 7) is 0. The van der Waals surface area contributed by atoms with Crippen LogP contribution in [0.2, 0.25) is 0 Å². The first kappa shape index (κ1) is 24.1. The number of hydrogen-bond donors (Lipinski definition) is 4. The lowest BCUT2D eigenvalue weighted by atomic mass is 10.4. The first-order chi connectivity index (χ1) is 8.66. The molecule has 0 unspecified atom stereocenters. The minimum absolute atomic E-state index is 0.750. The lowest BCUT2D eigenvalue weighted by Crippen LogP contribution is -1.47. The van der Waals surface area contributed by atoms with Gasteiger partial charge in [0.05, 0.1) is 0 Å². The normalized spacial score (nSPS) is 4.44. The van der Waals surface area contributed by atoms with Crippen LogP contribution in [0, 0.1) is 21.6 Å². The van der Waals surface area contributed by atoms with Crippen molar-refractivity contribution in [3.63, 3.8) is 0 Å². The van der Waals surface area contributed by atoms with Gasteiger partial charge in [0, 0.05) is 0 Å².